The average Bonchev–Trinajstić information content (AvgIpc) is 2.46. The maximum Gasteiger partial charge on any atom is 0.248 e. The van der Waals surface area contributed by atoms with Crippen molar-refractivity contribution in [1.29, 1.82) is 0 Å². The lowest BCUT2D eigenvalue weighted by Gasteiger charge is -2.32. The molecule has 0 saturated carbocycles. The fourth-order valence-corrected chi connectivity index (χ4v) is 2.91. The second-order valence-corrected chi connectivity index (χ2v) is 5.75. The lowest BCUT2D eigenvalue weighted by molar-refractivity contribution is -0.140. The first-order valence-electron chi connectivity index (χ1n) is 7.53. The van der Waals surface area contributed by atoms with Gasteiger partial charge in [0.15, 0.2) is 0 Å². The number of hydrogen-bond donors (Lipinski definition) is 2. The second-order valence-electron chi connectivity index (χ2n) is 5.75. The van der Waals surface area contributed by atoms with Crippen molar-refractivity contribution >= 4 is 11.8 Å². The van der Waals surface area contributed by atoms with Crippen molar-refractivity contribution in [2.75, 3.05) is 32.8 Å². The maximum absolute atomic E-state index is 12.1. The quantitative estimate of drug-likeness (QED) is 0.736. The van der Waals surface area contributed by atoms with Crippen LogP contribution in [-0.4, -0.2) is 55.6 Å². The van der Waals surface area contributed by atoms with Crippen molar-refractivity contribution in [3.05, 3.63) is 0 Å². The highest BCUT2D eigenvalue weighted by atomic mass is 16.5. The largest absolute Gasteiger partial charge is 0.370 e. The number of piperidine rings is 2. The van der Waals surface area contributed by atoms with Crippen molar-refractivity contribution in [1.82, 2.24) is 10.2 Å². The van der Waals surface area contributed by atoms with Crippen LogP contribution >= 0.6 is 0 Å². The third-order valence-electron chi connectivity index (χ3n) is 4.19. The highest BCUT2D eigenvalue weighted by Gasteiger charge is 2.24. The Balaban J connectivity index is 1.65. The predicted octanol–water partition coefficient (Wildman–Crippen LogP) is -0.131. The first-order valence-corrected chi connectivity index (χ1v) is 7.53. The molecule has 6 heteroatoms. The molecule has 0 atom stereocenters. The summed E-state index contributed by atoms with van der Waals surface area (Å²) in [4.78, 5) is 24.8. The Morgan fingerprint density at radius 1 is 1.15 bits per heavy atom. The van der Waals surface area contributed by atoms with E-state index in [4.69, 9.17) is 10.5 Å². The van der Waals surface area contributed by atoms with Crippen molar-refractivity contribution in [3.8, 4) is 0 Å². The molecule has 2 fully saturated rings. The minimum atomic E-state index is -0.246. The Morgan fingerprint density at radius 3 is 2.40 bits per heavy atom. The molecule has 2 saturated heterocycles. The number of nitrogens with two attached hydrogens (primary N) is 1. The van der Waals surface area contributed by atoms with Gasteiger partial charge in [0.05, 0.1) is 6.10 Å². The number of amides is 2. The summed E-state index contributed by atoms with van der Waals surface area (Å²) in [6.45, 7) is 3.55. The van der Waals surface area contributed by atoms with Crippen LogP contribution in [0.15, 0.2) is 0 Å². The van der Waals surface area contributed by atoms with E-state index < -0.39 is 0 Å². The molecule has 20 heavy (non-hydrogen) atoms. The zero-order valence-corrected chi connectivity index (χ0v) is 12.0. The Bertz CT molecular complexity index is 335. The van der Waals surface area contributed by atoms with Gasteiger partial charge >= 0.3 is 0 Å². The summed E-state index contributed by atoms with van der Waals surface area (Å²) in [7, 11) is 0. The number of likely N-dealkylation sites (tertiary alicyclic amines) is 1. The third-order valence-corrected chi connectivity index (χ3v) is 4.19. The lowest BCUT2D eigenvalue weighted by Crippen LogP contribution is -2.42. The fraction of sp³-hybridized carbons (Fsp3) is 0.857. The average molecular weight is 283 g/mol. The van der Waals surface area contributed by atoms with Crippen LogP contribution in [0, 0.1) is 5.92 Å². The summed E-state index contributed by atoms with van der Waals surface area (Å²) < 4.78 is 5.68. The smallest absolute Gasteiger partial charge is 0.248 e. The summed E-state index contributed by atoms with van der Waals surface area (Å²) in [5, 5.41) is 3.27. The number of primary amides is 1. The van der Waals surface area contributed by atoms with E-state index in [1.165, 1.54) is 0 Å². The Hall–Kier alpha value is -1.14. The highest BCUT2D eigenvalue weighted by molar-refractivity contribution is 5.77. The molecule has 0 unspecified atom stereocenters. The van der Waals surface area contributed by atoms with E-state index in [-0.39, 0.29) is 24.5 Å². The summed E-state index contributed by atoms with van der Waals surface area (Å²) in [6, 6.07) is 0. The third kappa shape index (κ3) is 4.76. The molecule has 0 spiro atoms. The minimum absolute atomic E-state index is 0.0704. The van der Waals surface area contributed by atoms with Crippen molar-refractivity contribution < 1.29 is 14.3 Å². The summed E-state index contributed by atoms with van der Waals surface area (Å²) in [5.41, 5.74) is 5.20. The highest BCUT2D eigenvalue weighted by Crippen LogP contribution is 2.20. The zero-order chi connectivity index (χ0) is 14.4. The van der Waals surface area contributed by atoms with Crippen LogP contribution < -0.4 is 11.1 Å². The number of hydrogen-bond acceptors (Lipinski definition) is 4. The molecule has 3 N–H and O–H groups in total. The summed E-state index contributed by atoms with van der Waals surface area (Å²) >= 11 is 0. The van der Waals surface area contributed by atoms with E-state index in [1.807, 2.05) is 4.90 Å². The molecule has 2 heterocycles. The first kappa shape index (κ1) is 15.3. The standard InChI is InChI=1S/C14H25N3O3/c15-13(18)9-11-3-7-17(8-4-11)14(19)10-20-12-1-5-16-6-2-12/h11-12,16H,1-10H2,(H2,15,18). The lowest BCUT2D eigenvalue weighted by atomic mass is 9.93. The normalized spacial score (nSPS) is 21.9. The first-order chi connectivity index (χ1) is 9.65. The van der Waals surface area contributed by atoms with Gasteiger partial charge < -0.3 is 20.7 Å². The van der Waals surface area contributed by atoms with Gasteiger partial charge in [-0.2, -0.15) is 0 Å². The van der Waals surface area contributed by atoms with Crippen molar-refractivity contribution in [2.24, 2.45) is 11.7 Å². The molecule has 0 aromatic carbocycles. The topological polar surface area (TPSA) is 84.7 Å². The monoisotopic (exact) mass is 283 g/mol. The van der Waals surface area contributed by atoms with Gasteiger partial charge in [0.2, 0.25) is 11.8 Å². The van der Waals surface area contributed by atoms with E-state index in [0.29, 0.717) is 25.4 Å². The molecule has 0 aromatic rings. The number of ether oxygens (including phenoxy) is 1. The molecule has 0 aromatic heterocycles. The minimum Gasteiger partial charge on any atom is -0.370 e. The number of carbonyl (C=O) groups is 2. The maximum atomic E-state index is 12.1. The van der Waals surface area contributed by atoms with Gasteiger partial charge in [0.25, 0.3) is 0 Å². The van der Waals surface area contributed by atoms with Crippen LogP contribution in [0.1, 0.15) is 32.1 Å². The van der Waals surface area contributed by atoms with Crippen molar-refractivity contribution in [2.45, 2.75) is 38.2 Å². The van der Waals surface area contributed by atoms with Gasteiger partial charge in [0, 0.05) is 19.5 Å². The van der Waals surface area contributed by atoms with Gasteiger partial charge in [-0.25, -0.2) is 0 Å². The number of nitrogens with one attached hydrogen (secondary N) is 1. The van der Waals surface area contributed by atoms with Gasteiger partial charge in [0.1, 0.15) is 6.61 Å². The molecule has 2 rings (SSSR count). The molecule has 0 aliphatic carbocycles. The van der Waals surface area contributed by atoms with Gasteiger partial charge in [-0.15, -0.1) is 0 Å². The van der Waals surface area contributed by atoms with Crippen molar-refractivity contribution in [3.63, 3.8) is 0 Å². The number of rotatable bonds is 5. The molecule has 2 amide bonds. The van der Waals surface area contributed by atoms with E-state index in [1.54, 1.807) is 0 Å². The van der Waals surface area contributed by atoms with Crippen LogP contribution in [0.3, 0.4) is 0 Å². The Kier molecular flexibility index (Phi) is 5.79. The molecular weight excluding hydrogens is 258 g/mol. The SMILES string of the molecule is NC(=O)CC1CCN(C(=O)COC2CCNCC2)CC1. The summed E-state index contributed by atoms with van der Waals surface area (Å²) in [6.07, 6.45) is 4.34. The molecule has 2 aliphatic heterocycles. The fourth-order valence-electron chi connectivity index (χ4n) is 2.91. The number of carbonyl (C=O) groups excluding carboxylic acids is 2. The van der Waals surface area contributed by atoms with E-state index in [9.17, 15) is 9.59 Å². The van der Waals surface area contributed by atoms with Gasteiger partial charge in [-0.3, -0.25) is 9.59 Å². The van der Waals surface area contributed by atoms with Crippen LogP contribution in [0.4, 0.5) is 0 Å². The molecular formula is C14H25N3O3. The molecule has 114 valence electrons. The predicted molar refractivity (Wildman–Crippen MR) is 75.0 cm³/mol. The molecule has 2 aliphatic rings. The molecule has 0 radical (unpaired) electrons. The molecule has 6 nitrogen and oxygen atoms in total. The van der Waals surface area contributed by atoms with Gasteiger partial charge in [-0.1, -0.05) is 0 Å². The molecule has 0 bridgehead atoms. The summed E-state index contributed by atoms with van der Waals surface area (Å²) in [5.74, 6) is 0.159. The Labute approximate surface area is 120 Å². The van der Waals surface area contributed by atoms with E-state index >= 15 is 0 Å². The van der Waals surface area contributed by atoms with E-state index in [0.717, 1.165) is 38.8 Å². The van der Waals surface area contributed by atoms with Crippen LogP contribution in [-0.2, 0) is 14.3 Å². The van der Waals surface area contributed by atoms with E-state index in [2.05, 4.69) is 5.32 Å². The van der Waals surface area contributed by atoms with Gasteiger partial charge in [-0.05, 0) is 44.7 Å². The second kappa shape index (κ2) is 7.59. The number of nitrogens with zero attached hydrogens (tertiary/aromatic N) is 1. The van der Waals surface area contributed by atoms with Crippen LogP contribution in [0.5, 0.6) is 0 Å². The van der Waals surface area contributed by atoms with Crippen LogP contribution in [0.2, 0.25) is 0 Å². The Morgan fingerprint density at radius 2 is 1.80 bits per heavy atom. The van der Waals surface area contributed by atoms with Crippen LogP contribution in [0.25, 0.3) is 0 Å². The zero-order valence-electron chi connectivity index (χ0n) is 12.0.